The summed E-state index contributed by atoms with van der Waals surface area (Å²) in [5.41, 5.74) is 0.550. The molecular formula is C13H8BrN3O2S. The molecule has 3 rings (SSSR count). The maximum absolute atomic E-state index is 12.0. The van der Waals surface area contributed by atoms with Crippen LogP contribution in [0.5, 0.6) is 0 Å². The maximum atomic E-state index is 12.0. The highest BCUT2D eigenvalue weighted by molar-refractivity contribution is 9.10. The van der Waals surface area contributed by atoms with E-state index >= 15 is 0 Å². The Kier molecular flexibility index (Phi) is 3.62. The summed E-state index contributed by atoms with van der Waals surface area (Å²) in [6.07, 6.45) is 1.57. The van der Waals surface area contributed by atoms with E-state index in [2.05, 4.69) is 31.4 Å². The van der Waals surface area contributed by atoms with Gasteiger partial charge in [0.1, 0.15) is 0 Å². The number of rotatable bonds is 3. The molecule has 0 aliphatic rings. The first-order chi connectivity index (χ1) is 9.72. The lowest BCUT2D eigenvalue weighted by Gasteiger charge is -2.01. The van der Waals surface area contributed by atoms with Crippen LogP contribution in [0.2, 0.25) is 0 Å². The van der Waals surface area contributed by atoms with E-state index in [1.54, 1.807) is 36.6 Å². The Labute approximate surface area is 126 Å². The monoisotopic (exact) mass is 349 g/mol. The van der Waals surface area contributed by atoms with Gasteiger partial charge in [-0.3, -0.25) is 10.1 Å². The van der Waals surface area contributed by atoms with Crippen molar-refractivity contribution in [3.05, 3.63) is 52.7 Å². The van der Waals surface area contributed by atoms with Crippen molar-refractivity contribution in [1.82, 2.24) is 10.2 Å². The molecule has 5 nitrogen and oxygen atoms in total. The topological polar surface area (TPSA) is 68.0 Å². The van der Waals surface area contributed by atoms with Gasteiger partial charge in [0, 0.05) is 10.0 Å². The minimum absolute atomic E-state index is 0.228. The molecule has 0 unspecified atom stereocenters. The van der Waals surface area contributed by atoms with Crippen molar-refractivity contribution in [2.75, 3.05) is 5.32 Å². The number of hydrogen-bond donors (Lipinski definition) is 1. The number of amides is 1. The van der Waals surface area contributed by atoms with Crippen LogP contribution in [-0.2, 0) is 0 Å². The molecule has 0 saturated heterocycles. The van der Waals surface area contributed by atoms with Crippen LogP contribution >= 0.6 is 27.3 Å². The fourth-order valence-corrected chi connectivity index (χ4v) is 2.68. The zero-order chi connectivity index (χ0) is 13.9. The first-order valence-electron chi connectivity index (χ1n) is 5.67. The smallest absolute Gasteiger partial charge is 0.257 e. The van der Waals surface area contributed by atoms with Crippen LogP contribution in [0.4, 0.5) is 5.13 Å². The summed E-state index contributed by atoms with van der Waals surface area (Å²) in [6.45, 7) is 0. The van der Waals surface area contributed by atoms with E-state index in [1.165, 1.54) is 11.3 Å². The third kappa shape index (κ3) is 2.78. The van der Waals surface area contributed by atoms with Crippen molar-refractivity contribution in [1.29, 1.82) is 0 Å². The first-order valence-corrected chi connectivity index (χ1v) is 7.27. The summed E-state index contributed by atoms with van der Waals surface area (Å²) in [4.78, 5) is 12.0. The Morgan fingerprint density at radius 3 is 2.90 bits per heavy atom. The normalized spacial score (nSPS) is 10.4. The molecule has 3 aromatic rings. The number of aromatic nitrogens is 2. The Morgan fingerprint density at radius 2 is 2.15 bits per heavy atom. The number of nitrogens with one attached hydrogen (secondary N) is 1. The van der Waals surface area contributed by atoms with Gasteiger partial charge in [0.25, 0.3) is 5.91 Å². The Bertz CT molecular complexity index is 740. The fourth-order valence-electron chi connectivity index (χ4n) is 1.57. The van der Waals surface area contributed by atoms with E-state index < -0.39 is 0 Å². The largest absolute Gasteiger partial charge is 0.462 e. The summed E-state index contributed by atoms with van der Waals surface area (Å²) in [5.74, 6) is 0.402. The Balaban J connectivity index is 1.77. The van der Waals surface area contributed by atoms with Crippen LogP contribution in [0, 0.1) is 0 Å². The molecule has 2 aromatic heterocycles. The van der Waals surface area contributed by atoms with Crippen LogP contribution in [-0.4, -0.2) is 16.1 Å². The molecule has 0 fully saturated rings. The number of carbonyl (C=O) groups is 1. The van der Waals surface area contributed by atoms with Crippen LogP contribution in [0.3, 0.4) is 0 Å². The molecule has 1 N–H and O–H groups in total. The van der Waals surface area contributed by atoms with Crippen LogP contribution in [0.15, 0.2) is 51.6 Å². The highest BCUT2D eigenvalue weighted by Crippen LogP contribution is 2.26. The van der Waals surface area contributed by atoms with Gasteiger partial charge in [-0.05, 0) is 30.3 Å². The molecule has 0 saturated carbocycles. The number of anilines is 1. The number of carbonyl (C=O) groups excluding carboxylic acids is 1. The van der Waals surface area contributed by atoms with Gasteiger partial charge in [-0.15, -0.1) is 10.2 Å². The van der Waals surface area contributed by atoms with Crippen molar-refractivity contribution < 1.29 is 9.21 Å². The summed E-state index contributed by atoms with van der Waals surface area (Å²) in [7, 11) is 0. The van der Waals surface area contributed by atoms with Crippen molar-refractivity contribution in [3.63, 3.8) is 0 Å². The number of nitrogens with zero attached hydrogens (tertiary/aromatic N) is 2. The molecule has 1 aromatic carbocycles. The molecule has 100 valence electrons. The quantitative estimate of drug-likeness (QED) is 0.780. The van der Waals surface area contributed by atoms with Crippen LogP contribution in [0.25, 0.3) is 10.8 Å². The lowest BCUT2D eigenvalue weighted by Crippen LogP contribution is -2.11. The van der Waals surface area contributed by atoms with Gasteiger partial charge in [-0.2, -0.15) is 0 Å². The number of furan rings is 1. The van der Waals surface area contributed by atoms with E-state index in [0.29, 0.717) is 21.5 Å². The second-order valence-electron chi connectivity index (χ2n) is 3.85. The lowest BCUT2D eigenvalue weighted by molar-refractivity contribution is 0.102. The Morgan fingerprint density at radius 1 is 1.25 bits per heavy atom. The molecule has 0 radical (unpaired) electrons. The molecule has 0 atom stereocenters. The van der Waals surface area contributed by atoms with E-state index in [4.69, 9.17) is 4.42 Å². The average Bonchev–Trinajstić information content (AvgIpc) is 3.08. The Hall–Kier alpha value is -1.99. The number of benzene rings is 1. The van der Waals surface area contributed by atoms with E-state index in [9.17, 15) is 4.79 Å². The number of hydrogen-bond acceptors (Lipinski definition) is 5. The predicted molar refractivity (Wildman–Crippen MR) is 79.7 cm³/mol. The summed E-state index contributed by atoms with van der Waals surface area (Å²) in [6, 6.07) is 10.7. The van der Waals surface area contributed by atoms with Gasteiger partial charge in [-0.25, -0.2) is 0 Å². The van der Waals surface area contributed by atoms with E-state index in [0.717, 1.165) is 4.47 Å². The van der Waals surface area contributed by atoms with Gasteiger partial charge in [0.05, 0.1) is 6.26 Å². The zero-order valence-corrected chi connectivity index (χ0v) is 12.4. The highest BCUT2D eigenvalue weighted by atomic mass is 79.9. The van der Waals surface area contributed by atoms with Crippen LogP contribution < -0.4 is 5.32 Å². The molecule has 0 aliphatic heterocycles. The zero-order valence-electron chi connectivity index (χ0n) is 10.0. The lowest BCUT2D eigenvalue weighted by atomic mass is 10.2. The highest BCUT2D eigenvalue weighted by Gasteiger charge is 2.12. The predicted octanol–water partition coefficient (Wildman–Crippen LogP) is 3.81. The second-order valence-corrected chi connectivity index (χ2v) is 5.75. The van der Waals surface area contributed by atoms with Crippen LogP contribution in [0.1, 0.15) is 10.4 Å². The average molecular weight is 350 g/mol. The molecule has 0 bridgehead atoms. The fraction of sp³-hybridized carbons (Fsp3) is 0. The van der Waals surface area contributed by atoms with Gasteiger partial charge < -0.3 is 4.42 Å². The second kappa shape index (κ2) is 5.56. The van der Waals surface area contributed by atoms with Crippen molar-refractivity contribution in [2.24, 2.45) is 0 Å². The molecule has 0 aliphatic carbocycles. The summed E-state index contributed by atoms with van der Waals surface area (Å²) < 4.78 is 6.07. The van der Waals surface area contributed by atoms with Crippen molar-refractivity contribution >= 4 is 38.3 Å². The minimum atomic E-state index is -0.228. The summed E-state index contributed by atoms with van der Waals surface area (Å²) >= 11 is 4.59. The van der Waals surface area contributed by atoms with E-state index in [1.807, 2.05) is 6.07 Å². The summed E-state index contributed by atoms with van der Waals surface area (Å²) in [5, 5.41) is 11.7. The van der Waals surface area contributed by atoms with Gasteiger partial charge >= 0.3 is 0 Å². The standard InChI is InChI=1S/C13H8BrN3O2S/c14-9-4-1-3-8(7-9)11(18)15-13-17-16-12(20-13)10-5-2-6-19-10/h1-7H,(H,15,17,18). The molecule has 0 spiro atoms. The molecule has 1 amide bonds. The van der Waals surface area contributed by atoms with Crippen molar-refractivity contribution in [3.8, 4) is 10.8 Å². The molecule has 7 heteroatoms. The SMILES string of the molecule is O=C(Nc1nnc(-c2ccco2)s1)c1cccc(Br)c1. The third-order valence-corrected chi connectivity index (χ3v) is 3.81. The number of halogens is 1. The minimum Gasteiger partial charge on any atom is -0.462 e. The molecule has 20 heavy (non-hydrogen) atoms. The van der Waals surface area contributed by atoms with E-state index in [-0.39, 0.29) is 5.91 Å². The van der Waals surface area contributed by atoms with Crippen molar-refractivity contribution in [2.45, 2.75) is 0 Å². The first kappa shape index (κ1) is 13.0. The molecule has 2 heterocycles. The van der Waals surface area contributed by atoms with Gasteiger partial charge in [0.2, 0.25) is 5.13 Å². The maximum Gasteiger partial charge on any atom is 0.257 e. The third-order valence-electron chi connectivity index (χ3n) is 2.46. The molecular weight excluding hydrogens is 342 g/mol. The van der Waals surface area contributed by atoms with Gasteiger partial charge in [0.15, 0.2) is 10.8 Å². The van der Waals surface area contributed by atoms with Gasteiger partial charge in [-0.1, -0.05) is 33.3 Å².